The summed E-state index contributed by atoms with van der Waals surface area (Å²) in [6.07, 6.45) is 24.6. The van der Waals surface area contributed by atoms with Gasteiger partial charge in [0.2, 0.25) is 0 Å². The summed E-state index contributed by atoms with van der Waals surface area (Å²) >= 11 is 0. The van der Waals surface area contributed by atoms with E-state index in [1.807, 2.05) is 6.92 Å². The third-order valence-corrected chi connectivity index (χ3v) is 4.55. The molecule has 0 fully saturated rings. The SMILES string of the molecule is CCCCCCCCCCCCCCCCCC=C(C)CO. The van der Waals surface area contributed by atoms with Crippen molar-refractivity contribution in [1.29, 1.82) is 0 Å². The second kappa shape index (κ2) is 18.7. The first-order chi connectivity index (χ1) is 10.8. The predicted molar refractivity (Wildman–Crippen MR) is 100 cm³/mol. The molecule has 0 aromatic heterocycles. The first kappa shape index (κ1) is 21.7. The van der Waals surface area contributed by atoms with Crippen molar-refractivity contribution in [2.75, 3.05) is 6.61 Å². The van der Waals surface area contributed by atoms with Crippen LogP contribution in [0.4, 0.5) is 0 Å². The summed E-state index contributed by atoms with van der Waals surface area (Å²) in [6, 6.07) is 0. The highest BCUT2D eigenvalue weighted by molar-refractivity contribution is 4.97. The highest BCUT2D eigenvalue weighted by Gasteiger charge is 1.94. The monoisotopic (exact) mass is 310 g/mol. The van der Waals surface area contributed by atoms with E-state index in [4.69, 9.17) is 5.11 Å². The van der Waals surface area contributed by atoms with Gasteiger partial charge in [-0.25, -0.2) is 0 Å². The minimum absolute atomic E-state index is 0.221. The van der Waals surface area contributed by atoms with Crippen LogP contribution < -0.4 is 0 Å². The van der Waals surface area contributed by atoms with Crippen molar-refractivity contribution in [2.24, 2.45) is 0 Å². The molecular formula is C21H42O. The Morgan fingerprint density at radius 3 is 1.36 bits per heavy atom. The molecule has 0 atom stereocenters. The van der Waals surface area contributed by atoms with Crippen LogP contribution in [0.15, 0.2) is 11.6 Å². The van der Waals surface area contributed by atoms with E-state index >= 15 is 0 Å². The highest BCUT2D eigenvalue weighted by atomic mass is 16.3. The van der Waals surface area contributed by atoms with Gasteiger partial charge in [0.25, 0.3) is 0 Å². The Labute approximate surface area is 140 Å². The van der Waals surface area contributed by atoms with Crippen LogP contribution in [0.1, 0.15) is 117 Å². The van der Waals surface area contributed by atoms with Crippen molar-refractivity contribution in [3.63, 3.8) is 0 Å². The molecule has 0 unspecified atom stereocenters. The van der Waals surface area contributed by atoms with E-state index < -0.39 is 0 Å². The molecule has 0 saturated heterocycles. The minimum atomic E-state index is 0.221. The molecule has 0 aliphatic heterocycles. The number of hydrogen-bond acceptors (Lipinski definition) is 1. The van der Waals surface area contributed by atoms with Crippen LogP contribution in [-0.4, -0.2) is 11.7 Å². The number of rotatable bonds is 17. The topological polar surface area (TPSA) is 20.2 Å². The first-order valence-corrected chi connectivity index (χ1v) is 10.1. The Balaban J connectivity index is 3.03. The molecule has 0 spiro atoms. The van der Waals surface area contributed by atoms with Gasteiger partial charge in [0, 0.05) is 0 Å². The molecule has 0 amide bonds. The fraction of sp³-hybridized carbons (Fsp3) is 0.905. The van der Waals surface area contributed by atoms with Gasteiger partial charge in [-0.05, 0) is 19.8 Å². The van der Waals surface area contributed by atoms with Gasteiger partial charge < -0.3 is 5.11 Å². The van der Waals surface area contributed by atoms with Crippen LogP contribution in [0, 0.1) is 0 Å². The second-order valence-corrected chi connectivity index (χ2v) is 6.95. The predicted octanol–water partition coefficient (Wildman–Crippen LogP) is 7.19. The smallest absolute Gasteiger partial charge is 0.0639 e. The van der Waals surface area contributed by atoms with Crippen LogP contribution in [0.3, 0.4) is 0 Å². The molecule has 0 radical (unpaired) electrons. The molecule has 0 aromatic rings. The van der Waals surface area contributed by atoms with E-state index in [1.165, 1.54) is 96.3 Å². The molecule has 1 nitrogen and oxygen atoms in total. The van der Waals surface area contributed by atoms with Crippen molar-refractivity contribution < 1.29 is 5.11 Å². The molecule has 1 heteroatoms. The van der Waals surface area contributed by atoms with Crippen molar-refractivity contribution in [3.8, 4) is 0 Å². The molecule has 0 aliphatic carbocycles. The van der Waals surface area contributed by atoms with Gasteiger partial charge in [0.05, 0.1) is 6.61 Å². The third kappa shape index (κ3) is 17.8. The largest absolute Gasteiger partial charge is 0.392 e. The lowest BCUT2D eigenvalue weighted by Gasteiger charge is -2.03. The van der Waals surface area contributed by atoms with Gasteiger partial charge >= 0.3 is 0 Å². The molecule has 22 heavy (non-hydrogen) atoms. The maximum atomic E-state index is 8.89. The van der Waals surface area contributed by atoms with Gasteiger partial charge in [-0.1, -0.05) is 108 Å². The summed E-state index contributed by atoms with van der Waals surface area (Å²) in [6.45, 7) is 4.51. The van der Waals surface area contributed by atoms with Gasteiger partial charge in [-0.2, -0.15) is 0 Å². The Hall–Kier alpha value is -0.300. The van der Waals surface area contributed by atoms with E-state index in [0.29, 0.717) is 0 Å². The summed E-state index contributed by atoms with van der Waals surface area (Å²) in [5.41, 5.74) is 1.12. The molecule has 0 aliphatic rings. The molecular weight excluding hydrogens is 268 g/mol. The minimum Gasteiger partial charge on any atom is -0.392 e. The zero-order valence-corrected chi connectivity index (χ0v) is 15.5. The van der Waals surface area contributed by atoms with Crippen LogP contribution in [0.5, 0.6) is 0 Å². The summed E-state index contributed by atoms with van der Waals surface area (Å²) in [5.74, 6) is 0. The molecule has 0 rings (SSSR count). The molecule has 0 aromatic carbocycles. The Morgan fingerprint density at radius 2 is 1.00 bits per heavy atom. The fourth-order valence-electron chi connectivity index (χ4n) is 2.93. The average molecular weight is 311 g/mol. The molecule has 132 valence electrons. The second-order valence-electron chi connectivity index (χ2n) is 6.95. The number of aliphatic hydroxyl groups excluding tert-OH is 1. The van der Waals surface area contributed by atoms with Crippen molar-refractivity contribution in [3.05, 3.63) is 11.6 Å². The van der Waals surface area contributed by atoms with Gasteiger partial charge in [-0.15, -0.1) is 0 Å². The van der Waals surface area contributed by atoms with E-state index in [-0.39, 0.29) is 6.61 Å². The number of allylic oxidation sites excluding steroid dienone is 1. The van der Waals surface area contributed by atoms with Gasteiger partial charge in [0.15, 0.2) is 0 Å². The highest BCUT2D eigenvalue weighted by Crippen LogP contribution is 2.13. The Bertz CT molecular complexity index is 232. The van der Waals surface area contributed by atoms with Crippen LogP contribution in [0.2, 0.25) is 0 Å². The molecule has 0 heterocycles. The first-order valence-electron chi connectivity index (χ1n) is 10.1. The fourth-order valence-corrected chi connectivity index (χ4v) is 2.93. The number of hydrogen-bond donors (Lipinski definition) is 1. The summed E-state index contributed by atoms with van der Waals surface area (Å²) in [5, 5.41) is 8.89. The lowest BCUT2D eigenvalue weighted by atomic mass is 10.0. The molecule has 0 saturated carbocycles. The van der Waals surface area contributed by atoms with Crippen molar-refractivity contribution >= 4 is 0 Å². The third-order valence-electron chi connectivity index (χ3n) is 4.55. The van der Waals surface area contributed by atoms with Crippen molar-refractivity contribution in [2.45, 2.75) is 117 Å². The number of aliphatic hydroxyl groups is 1. The number of unbranched alkanes of at least 4 members (excludes halogenated alkanes) is 15. The van der Waals surface area contributed by atoms with Gasteiger partial charge in [-0.3, -0.25) is 0 Å². The van der Waals surface area contributed by atoms with E-state index in [2.05, 4.69) is 13.0 Å². The van der Waals surface area contributed by atoms with Crippen LogP contribution in [0.25, 0.3) is 0 Å². The summed E-state index contributed by atoms with van der Waals surface area (Å²) in [4.78, 5) is 0. The van der Waals surface area contributed by atoms with Crippen LogP contribution >= 0.6 is 0 Å². The zero-order chi connectivity index (χ0) is 16.3. The molecule has 0 bridgehead atoms. The summed E-state index contributed by atoms with van der Waals surface area (Å²) in [7, 11) is 0. The maximum Gasteiger partial charge on any atom is 0.0639 e. The zero-order valence-electron chi connectivity index (χ0n) is 15.5. The molecule has 1 N–H and O–H groups in total. The lowest BCUT2D eigenvalue weighted by Crippen LogP contribution is -1.85. The lowest BCUT2D eigenvalue weighted by molar-refractivity contribution is 0.331. The standard InChI is InChI=1S/C21H42O/c1-3-4-5-6-7-8-9-10-11-12-13-14-15-16-17-18-19-21(2)20-22/h19,22H,3-18,20H2,1-2H3. The van der Waals surface area contributed by atoms with E-state index in [0.717, 1.165) is 12.0 Å². The van der Waals surface area contributed by atoms with Crippen molar-refractivity contribution in [1.82, 2.24) is 0 Å². The van der Waals surface area contributed by atoms with Gasteiger partial charge in [0.1, 0.15) is 0 Å². The van der Waals surface area contributed by atoms with E-state index in [1.54, 1.807) is 0 Å². The normalized spacial score (nSPS) is 12.0. The average Bonchev–Trinajstić information content (AvgIpc) is 2.54. The van der Waals surface area contributed by atoms with E-state index in [9.17, 15) is 0 Å². The van der Waals surface area contributed by atoms with Crippen LogP contribution in [-0.2, 0) is 0 Å². The Kier molecular flexibility index (Phi) is 18.5. The summed E-state index contributed by atoms with van der Waals surface area (Å²) < 4.78 is 0. The Morgan fingerprint density at radius 1 is 0.636 bits per heavy atom. The maximum absolute atomic E-state index is 8.89. The quantitative estimate of drug-likeness (QED) is 0.223.